The van der Waals surface area contributed by atoms with E-state index in [0.29, 0.717) is 9.86 Å². The molecule has 0 aliphatic carbocycles. The number of nitro benzene ring substituents is 1. The van der Waals surface area contributed by atoms with Crippen LogP contribution < -0.4 is 5.73 Å². The summed E-state index contributed by atoms with van der Waals surface area (Å²) in [6, 6.07) is 8.72. The van der Waals surface area contributed by atoms with Crippen LogP contribution in [-0.4, -0.2) is 4.92 Å². The van der Waals surface area contributed by atoms with Crippen LogP contribution in [0, 0.1) is 10.1 Å². The Morgan fingerprint density at radius 3 is 2.47 bits per heavy atom. The molecule has 0 spiro atoms. The Kier molecular flexibility index (Phi) is 2.32. The Balaban J connectivity index is 2.90. The maximum atomic E-state index is 10.7. The minimum atomic E-state index is -0.480. The number of fused-ring (bicyclic) bond motifs is 1. The SMILES string of the molecule is Nc1c([N+](=O)[O-])cc(Br)c2ccccc12. The molecule has 0 unspecified atom stereocenters. The number of nitrogens with zero attached hydrogens (tertiary/aromatic N) is 1. The quantitative estimate of drug-likeness (QED) is 0.490. The van der Waals surface area contributed by atoms with Crippen LogP contribution in [0.25, 0.3) is 10.8 Å². The number of hydrogen-bond acceptors (Lipinski definition) is 3. The van der Waals surface area contributed by atoms with E-state index in [4.69, 9.17) is 5.73 Å². The lowest BCUT2D eigenvalue weighted by Gasteiger charge is -2.04. The molecule has 0 heterocycles. The van der Waals surface area contributed by atoms with Gasteiger partial charge in [-0.25, -0.2) is 0 Å². The third-order valence-corrected chi connectivity index (χ3v) is 2.87. The summed E-state index contributed by atoms with van der Waals surface area (Å²) >= 11 is 3.29. The minimum absolute atomic E-state index is 0.0689. The van der Waals surface area contributed by atoms with Crippen molar-refractivity contribution in [3.8, 4) is 0 Å². The Morgan fingerprint density at radius 2 is 1.87 bits per heavy atom. The molecule has 2 rings (SSSR count). The van der Waals surface area contributed by atoms with Gasteiger partial charge in [0.1, 0.15) is 5.69 Å². The van der Waals surface area contributed by atoms with Crippen LogP contribution in [0.5, 0.6) is 0 Å². The highest BCUT2D eigenvalue weighted by Crippen LogP contribution is 2.35. The van der Waals surface area contributed by atoms with Gasteiger partial charge in [0.05, 0.1) is 4.92 Å². The van der Waals surface area contributed by atoms with E-state index < -0.39 is 4.92 Å². The average Bonchev–Trinajstić information content (AvgIpc) is 2.23. The number of halogens is 1. The van der Waals surface area contributed by atoms with Crippen LogP contribution in [0.15, 0.2) is 34.8 Å². The van der Waals surface area contributed by atoms with E-state index in [-0.39, 0.29) is 11.4 Å². The van der Waals surface area contributed by atoms with Crippen molar-refractivity contribution in [1.29, 1.82) is 0 Å². The third-order valence-electron chi connectivity index (χ3n) is 2.21. The van der Waals surface area contributed by atoms with Crippen molar-refractivity contribution in [3.05, 3.63) is 44.9 Å². The summed E-state index contributed by atoms with van der Waals surface area (Å²) in [6.07, 6.45) is 0. The van der Waals surface area contributed by atoms with E-state index >= 15 is 0 Å². The summed E-state index contributed by atoms with van der Waals surface area (Å²) < 4.78 is 0.680. The molecule has 0 aromatic heterocycles. The van der Waals surface area contributed by atoms with Crippen LogP contribution in [0.3, 0.4) is 0 Å². The summed E-state index contributed by atoms with van der Waals surface area (Å²) in [5.74, 6) is 0. The Bertz CT molecular complexity index is 554. The summed E-state index contributed by atoms with van der Waals surface area (Å²) in [4.78, 5) is 10.2. The normalized spacial score (nSPS) is 10.5. The van der Waals surface area contributed by atoms with Crippen molar-refractivity contribution in [2.75, 3.05) is 5.73 Å². The smallest absolute Gasteiger partial charge is 0.293 e. The second-order valence-electron chi connectivity index (χ2n) is 3.09. The second-order valence-corrected chi connectivity index (χ2v) is 3.95. The largest absolute Gasteiger partial charge is 0.393 e. The van der Waals surface area contributed by atoms with E-state index in [2.05, 4.69) is 15.9 Å². The first-order chi connectivity index (χ1) is 7.11. The van der Waals surface area contributed by atoms with E-state index in [9.17, 15) is 10.1 Å². The van der Waals surface area contributed by atoms with Gasteiger partial charge >= 0.3 is 0 Å². The van der Waals surface area contributed by atoms with Crippen LogP contribution >= 0.6 is 15.9 Å². The zero-order valence-electron chi connectivity index (χ0n) is 7.61. The van der Waals surface area contributed by atoms with Gasteiger partial charge in [-0.05, 0) is 21.3 Å². The molecular weight excluding hydrogens is 260 g/mol. The van der Waals surface area contributed by atoms with Gasteiger partial charge in [0, 0.05) is 15.9 Å². The number of nitrogens with two attached hydrogens (primary N) is 1. The molecular formula is C10H7BrN2O2. The van der Waals surface area contributed by atoms with Crippen LogP contribution in [0.4, 0.5) is 11.4 Å². The highest BCUT2D eigenvalue weighted by atomic mass is 79.9. The average molecular weight is 267 g/mol. The fourth-order valence-electron chi connectivity index (χ4n) is 1.49. The molecule has 2 aromatic rings. The molecule has 0 fully saturated rings. The van der Waals surface area contributed by atoms with Gasteiger partial charge in [-0.1, -0.05) is 24.3 Å². The Hall–Kier alpha value is -1.62. The van der Waals surface area contributed by atoms with Crippen LogP contribution in [0.2, 0.25) is 0 Å². The lowest BCUT2D eigenvalue weighted by atomic mass is 10.1. The highest BCUT2D eigenvalue weighted by molar-refractivity contribution is 9.10. The first-order valence-electron chi connectivity index (χ1n) is 4.22. The van der Waals surface area contributed by atoms with Crippen molar-refractivity contribution in [2.24, 2.45) is 0 Å². The van der Waals surface area contributed by atoms with Gasteiger partial charge in [-0.15, -0.1) is 0 Å². The molecule has 2 aromatic carbocycles. The van der Waals surface area contributed by atoms with Crippen molar-refractivity contribution in [3.63, 3.8) is 0 Å². The zero-order chi connectivity index (χ0) is 11.0. The maximum Gasteiger partial charge on any atom is 0.293 e. The molecule has 0 amide bonds. The number of hydrogen-bond donors (Lipinski definition) is 1. The standard InChI is InChI=1S/C10H7BrN2O2/c11-8-5-9(13(14)15)10(12)7-4-2-1-3-6(7)8/h1-5H,12H2. The fourth-order valence-corrected chi connectivity index (χ4v) is 2.05. The topological polar surface area (TPSA) is 69.2 Å². The number of nitrogen functional groups attached to an aromatic ring is 1. The molecule has 2 N–H and O–H groups in total. The van der Waals surface area contributed by atoms with E-state index in [1.807, 2.05) is 12.1 Å². The molecule has 0 aliphatic rings. The number of benzene rings is 2. The number of nitro groups is 1. The van der Waals surface area contributed by atoms with Crippen LogP contribution in [-0.2, 0) is 0 Å². The molecule has 15 heavy (non-hydrogen) atoms. The summed E-state index contributed by atoms with van der Waals surface area (Å²) in [5, 5.41) is 12.3. The van der Waals surface area contributed by atoms with Gasteiger partial charge in [0.25, 0.3) is 5.69 Å². The zero-order valence-corrected chi connectivity index (χ0v) is 9.19. The molecule has 5 heteroatoms. The lowest BCUT2D eigenvalue weighted by molar-refractivity contribution is -0.383. The number of rotatable bonds is 1. The van der Waals surface area contributed by atoms with Gasteiger partial charge in [0.15, 0.2) is 0 Å². The molecule has 0 saturated carbocycles. The van der Waals surface area contributed by atoms with Gasteiger partial charge in [0.2, 0.25) is 0 Å². The summed E-state index contributed by atoms with van der Waals surface area (Å²) in [5.41, 5.74) is 5.86. The van der Waals surface area contributed by atoms with E-state index in [1.165, 1.54) is 6.07 Å². The molecule has 0 bridgehead atoms. The van der Waals surface area contributed by atoms with Crippen molar-refractivity contribution in [1.82, 2.24) is 0 Å². The monoisotopic (exact) mass is 266 g/mol. The predicted octanol–water partition coefficient (Wildman–Crippen LogP) is 3.09. The molecule has 0 saturated heterocycles. The molecule has 0 radical (unpaired) electrons. The van der Waals surface area contributed by atoms with Crippen molar-refractivity contribution >= 4 is 38.1 Å². The first kappa shape index (κ1) is 9.92. The maximum absolute atomic E-state index is 10.7. The van der Waals surface area contributed by atoms with Gasteiger partial charge in [-0.2, -0.15) is 0 Å². The van der Waals surface area contributed by atoms with Gasteiger partial charge < -0.3 is 5.73 Å². The van der Waals surface area contributed by atoms with E-state index in [1.54, 1.807) is 12.1 Å². The molecule has 0 aliphatic heterocycles. The third kappa shape index (κ3) is 1.55. The lowest BCUT2D eigenvalue weighted by Crippen LogP contribution is -1.96. The van der Waals surface area contributed by atoms with Gasteiger partial charge in [-0.3, -0.25) is 10.1 Å². The minimum Gasteiger partial charge on any atom is -0.393 e. The number of anilines is 1. The highest BCUT2D eigenvalue weighted by Gasteiger charge is 2.16. The first-order valence-corrected chi connectivity index (χ1v) is 5.01. The fraction of sp³-hybridized carbons (Fsp3) is 0. The summed E-state index contributed by atoms with van der Waals surface area (Å²) in [7, 11) is 0. The van der Waals surface area contributed by atoms with E-state index in [0.717, 1.165) is 5.39 Å². The molecule has 4 nitrogen and oxygen atoms in total. The van der Waals surface area contributed by atoms with Crippen molar-refractivity contribution in [2.45, 2.75) is 0 Å². The Labute approximate surface area is 94.0 Å². The second kappa shape index (κ2) is 3.51. The van der Waals surface area contributed by atoms with Crippen molar-refractivity contribution < 1.29 is 4.92 Å². The van der Waals surface area contributed by atoms with Crippen LogP contribution in [0.1, 0.15) is 0 Å². The Morgan fingerprint density at radius 1 is 1.27 bits per heavy atom. The summed E-state index contributed by atoms with van der Waals surface area (Å²) in [6.45, 7) is 0. The molecule has 76 valence electrons. The molecule has 0 atom stereocenters. The predicted molar refractivity (Wildman–Crippen MR) is 62.7 cm³/mol.